The number of halogens is 2. The van der Waals surface area contributed by atoms with Gasteiger partial charge >= 0.3 is 0 Å². The van der Waals surface area contributed by atoms with Gasteiger partial charge in [0.05, 0.1) is 15.7 Å². The summed E-state index contributed by atoms with van der Waals surface area (Å²) in [7, 11) is 2.04. The van der Waals surface area contributed by atoms with Crippen LogP contribution in [0.1, 0.15) is 20.7 Å². The number of hydrogen-bond donors (Lipinski definition) is 1. The molecule has 3 rings (SSSR count). The maximum absolute atomic E-state index is 12.7. The third-order valence-corrected chi connectivity index (χ3v) is 5.18. The Morgan fingerprint density at radius 1 is 0.962 bits per heavy atom. The summed E-state index contributed by atoms with van der Waals surface area (Å²) >= 11 is 12.1. The standard InChI is InChI=1S/C19H19Cl2N3O2/c1-23-8-10-24(11-9-23)19(26)14-5-2-4-13(12-14)18(25)22-16-7-3-6-15(20)17(16)21/h2-7,12H,8-11H2,1H3,(H,22,25). The predicted molar refractivity (Wildman–Crippen MR) is 104 cm³/mol. The summed E-state index contributed by atoms with van der Waals surface area (Å²) in [6.07, 6.45) is 0. The summed E-state index contributed by atoms with van der Waals surface area (Å²) < 4.78 is 0. The zero-order valence-corrected chi connectivity index (χ0v) is 15.8. The van der Waals surface area contributed by atoms with Crippen LogP contribution in [0.15, 0.2) is 42.5 Å². The van der Waals surface area contributed by atoms with Crippen LogP contribution in [-0.2, 0) is 0 Å². The third-order valence-electron chi connectivity index (χ3n) is 4.36. The van der Waals surface area contributed by atoms with Crippen LogP contribution in [0.4, 0.5) is 5.69 Å². The number of benzene rings is 2. The van der Waals surface area contributed by atoms with E-state index in [0.717, 1.165) is 13.1 Å². The first-order chi connectivity index (χ1) is 12.5. The summed E-state index contributed by atoms with van der Waals surface area (Å²) in [6, 6.07) is 11.7. The van der Waals surface area contributed by atoms with Crippen molar-refractivity contribution in [1.82, 2.24) is 9.80 Å². The van der Waals surface area contributed by atoms with Gasteiger partial charge in [0.1, 0.15) is 0 Å². The lowest BCUT2D eigenvalue weighted by Gasteiger charge is -2.32. The molecule has 136 valence electrons. The molecule has 2 aromatic carbocycles. The van der Waals surface area contributed by atoms with Crippen molar-refractivity contribution >= 4 is 40.7 Å². The van der Waals surface area contributed by atoms with Crippen molar-refractivity contribution in [2.75, 3.05) is 38.5 Å². The second kappa shape index (κ2) is 8.08. The molecular formula is C19H19Cl2N3O2. The highest BCUT2D eigenvalue weighted by Crippen LogP contribution is 2.29. The van der Waals surface area contributed by atoms with Crippen molar-refractivity contribution in [2.24, 2.45) is 0 Å². The maximum Gasteiger partial charge on any atom is 0.255 e. The molecule has 1 fully saturated rings. The Hall–Kier alpha value is -2.08. The van der Waals surface area contributed by atoms with Gasteiger partial charge in [0.25, 0.3) is 11.8 Å². The van der Waals surface area contributed by atoms with E-state index in [-0.39, 0.29) is 16.8 Å². The smallest absolute Gasteiger partial charge is 0.255 e. The molecule has 1 aliphatic heterocycles. The minimum Gasteiger partial charge on any atom is -0.336 e. The Morgan fingerprint density at radius 3 is 2.35 bits per heavy atom. The first-order valence-corrected chi connectivity index (χ1v) is 9.04. The number of carbonyl (C=O) groups is 2. The Kier molecular flexibility index (Phi) is 5.81. The van der Waals surface area contributed by atoms with E-state index in [0.29, 0.717) is 34.9 Å². The SMILES string of the molecule is CN1CCN(C(=O)c2cccc(C(=O)Nc3cccc(Cl)c3Cl)c2)CC1. The molecule has 1 heterocycles. The number of likely N-dealkylation sites (N-methyl/N-ethyl adjacent to an activating group) is 1. The first kappa shape index (κ1) is 18.7. The molecule has 0 bridgehead atoms. The average molecular weight is 392 g/mol. The minimum atomic E-state index is -0.345. The van der Waals surface area contributed by atoms with Crippen molar-refractivity contribution in [3.63, 3.8) is 0 Å². The molecule has 5 nitrogen and oxygen atoms in total. The van der Waals surface area contributed by atoms with Gasteiger partial charge in [-0.05, 0) is 37.4 Å². The van der Waals surface area contributed by atoms with E-state index in [1.54, 1.807) is 42.5 Å². The van der Waals surface area contributed by atoms with Crippen molar-refractivity contribution in [3.8, 4) is 0 Å². The van der Waals surface area contributed by atoms with E-state index in [9.17, 15) is 9.59 Å². The van der Waals surface area contributed by atoms with Crippen LogP contribution in [0.5, 0.6) is 0 Å². The lowest BCUT2D eigenvalue weighted by atomic mass is 10.1. The quantitative estimate of drug-likeness (QED) is 0.868. The van der Waals surface area contributed by atoms with Gasteiger partial charge in [-0.2, -0.15) is 0 Å². The number of anilines is 1. The zero-order chi connectivity index (χ0) is 18.7. The number of amides is 2. The Bertz CT molecular complexity index is 833. The van der Waals surface area contributed by atoms with E-state index in [1.807, 2.05) is 11.9 Å². The van der Waals surface area contributed by atoms with Gasteiger partial charge in [0.2, 0.25) is 0 Å². The summed E-state index contributed by atoms with van der Waals surface area (Å²) in [5.74, 6) is -0.407. The first-order valence-electron chi connectivity index (χ1n) is 8.29. The molecule has 26 heavy (non-hydrogen) atoms. The molecular weight excluding hydrogens is 373 g/mol. The van der Waals surface area contributed by atoms with Gasteiger partial charge in [-0.3, -0.25) is 9.59 Å². The average Bonchev–Trinajstić information content (AvgIpc) is 2.65. The number of nitrogens with zero attached hydrogens (tertiary/aromatic N) is 2. The van der Waals surface area contributed by atoms with E-state index in [1.165, 1.54) is 0 Å². The summed E-state index contributed by atoms with van der Waals surface area (Å²) in [4.78, 5) is 29.2. The Morgan fingerprint density at radius 2 is 1.62 bits per heavy atom. The number of piperazine rings is 1. The zero-order valence-electron chi connectivity index (χ0n) is 14.3. The highest BCUT2D eigenvalue weighted by Gasteiger charge is 2.21. The van der Waals surface area contributed by atoms with E-state index < -0.39 is 0 Å². The molecule has 0 saturated carbocycles. The molecule has 2 aromatic rings. The molecule has 0 radical (unpaired) electrons. The van der Waals surface area contributed by atoms with Gasteiger partial charge in [0.15, 0.2) is 0 Å². The van der Waals surface area contributed by atoms with Gasteiger partial charge in [-0.25, -0.2) is 0 Å². The molecule has 1 N–H and O–H groups in total. The molecule has 0 aliphatic carbocycles. The van der Waals surface area contributed by atoms with Crippen LogP contribution in [0.2, 0.25) is 10.0 Å². The second-order valence-corrected chi connectivity index (χ2v) is 7.02. The molecule has 0 atom stereocenters. The third kappa shape index (κ3) is 4.18. The largest absolute Gasteiger partial charge is 0.336 e. The van der Waals surface area contributed by atoms with E-state index >= 15 is 0 Å². The number of rotatable bonds is 3. The molecule has 7 heteroatoms. The highest BCUT2D eigenvalue weighted by atomic mass is 35.5. The van der Waals surface area contributed by atoms with Crippen LogP contribution in [0.25, 0.3) is 0 Å². The minimum absolute atomic E-state index is 0.0615. The van der Waals surface area contributed by atoms with Crippen molar-refractivity contribution < 1.29 is 9.59 Å². The molecule has 1 aliphatic rings. The molecule has 0 aromatic heterocycles. The summed E-state index contributed by atoms with van der Waals surface area (Å²) in [5.41, 5.74) is 1.32. The van der Waals surface area contributed by atoms with E-state index in [2.05, 4.69) is 10.2 Å². The maximum atomic E-state index is 12.7. The van der Waals surface area contributed by atoms with E-state index in [4.69, 9.17) is 23.2 Å². The number of hydrogen-bond acceptors (Lipinski definition) is 3. The number of carbonyl (C=O) groups excluding carboxylic acids is 2. The second-order valence-electron chi connectivity index (χ2n) is 6.23. The lowest BCUT2D eigenvalue weighted by molar-refractivity contribution is 0.0664. The fourth-order valence-corrected chi connectivity index (χ4v) is 3.13. The van der Waals surface area contributed by atoms with Crippen LogP contribution >= 0.6 is 23.2 Å². The Labute approximate surface area is 162 Å². The Balaban J connectivity index is 1.75. The van der Waals surface area contributed by atoms with Crippen LogP contribution < -0.4 is 5.32 Å². The van der Waals surface area contributed by atoms with Crippen LogP contribution in [0.3, 0.4) is 0 Å². The summed E-state index contributed by atoms with van der Waals surface area (Å²) in [5, 5.41) is 3.38. The van der Waals surface area contributed by atoms with Gasteiger partial charge in [-0.1, -0.05) is 35.3 Å². The normalized spacial score (nSPS) is 15.0. The highest BCUT2D eigenvalue weighted by molar-refractivity contribution is 6.44. The van der Waals surface area contributed by atoms with Gasteiger partial charge in [0, 0.05) is 37.3 Å². The topological polar surface area (TPSA) is 52.7 Å². The van der Waals surface area contributed by atoms with Gasteiger partial charge in [-0.15, -0.1) is 0 Å². The van der Waals surface area contributed by atoms with Crippen molar-refractivity contribution in [1.29, 1.82) is 0 Å². The fourth-order valence-electron chi connectivity index (χ4n) is 2.78. The van der Waals surface area contributed by atoms with Crippen LogP contribution in [0, 0.1) is 0 Å². The molecule has 1 saturated heterocycles. The van der Waals surface area contributed by atoms with Gasteiger partial charge < -0.3 is 15.1 Å². The van der Waals surface area contributed by atoms with Crippen molar-refractivity contribution in [3.05, 3.63) is 63.6 Å². The number of nitrogens with one attached hydrogen (secondary N) is 1. The summed E-state index contributed by atoms with van der Waals surface area (Å²) in [6.45, 7) is 3.06. The monoisotopic (exact) mass is 391 g/mol. The van der Waals surface area contributed by atoms with Crippen molar-refractivity contribution in [2.45, 2.75) is 0 Å². The molecule has 2 amide bonds. The predicted octanol–water partition coefficient (Wildman–Crippen LogP) is 3.63. The molecule has 0 spiro atoms. The van der Waals surface area contributed by atoms with Crippen LogP contribution in [-0.4, -0.2) is 54.8 Å². The lowest BCUT2D eigenvalue weighted by Crippen LogP contribution is -2.47. The fraction of sp³-hybridized carbons (Fsp3) is 0.263. The molecule has 0 unspecified atom stereocenters.